The van der Waals surface area contributed by atoms with Crippen molar-refractivity contribution in [2.24, 2.45) is 0 Å². The summed E-state index contributed by atoms with van der Waals surface area (Å²) in [5, 5.41) is 3.02. The molecule has 0 spiro atoms. The van der Waals surface area contributed by atoms with Gasteiger partial charge in [-0.25, -0.2) is 4.98 Å². The molecule has 0 bridgehead atoms. The monoisotopic (exact) mass is 268 g/mol. The fourth-order valence-electron chi connectivity index (χ4n) is 1.74. The van der Waals surface area contributed by atoms with Gasteiger partial charge >= 0.3 is 0 Å². The molecule has 1 fully saturated rings. The zero-order valence-corrected chi connectivity index (χ0v) is 11.1. The maximum atomic E-state index is 12.2. The molecule has 1 N–H and O–H groups in total. The Morgan fingerprint density at radius 1 is 1.44 bits per heavy atom. The molecule has 0 aromatic carbocycles. The smallest absolute Gasteiger partial charge is 0.274 e. The minimum atomic E-state index is -0.784. The van der Waals surface area contributed by atoms with Crippen LogP contribution in [0.5, 0.6) is 0 Å². The second kappa shape index (κ2) is 5.90. The van der Waals surface area contributed by atoms with E-state index in [1.807, 2.05) is 6.92 Å². The van der Waals surface area contributed by atoms with E-state index in [2.05, 4.69) is 15.3 Å². The van der Waals surface area contributed by atoms with Crippen molar-refractivity contribution in [1.82, 2.24) is 14.9 Å². The molecule has 2 heterocycles. The van der Waals surface area contributed by atoms with Crippen LogP contribution < -0.4 is 5.32 Å². The van der Waals surface area contributed by atoms with E-state index in [-0.39, 0.29) is 5.91 Å². The Balaban J connectivity index is 2.08. The summed E-state index contributed by atoms with van der Waals surface area (Å²) in [6.07, 6.45) is 3.06. The summed E-state index contributed by atoms with van der Waals surface area (Å²) in [5.41, 5.74) is 0.334. The van der Waals surface area contributed by atoms with Gasteiger partial charge < -0.3 is 10.2 Å². The molecule has 1 amide bonds. The van der Waals surface area contributed by atoms with E-state index in [0.717, 1.165) is 6.54 Å². The molecule has 1 aromatic rings. The van der Waals surface area contributed by atoms with E-state index >= 15 is 0 Å². The van der Waals surface area contributed by atoms with Crippen molar-refractivity contribution in [3.63, 3.8) is 0 Å². The lowest BCUT2D eigenvalue weighted by atomic mass is 10.3. The maximum absolute atomic E-state index is 12.2. The molecule has 1 aliphatic heterocycles. The van der Waals surface area contributed by atoms with Crippen molar-refractivity contribution in [2.45, 2.75) is 6.92 Å². The first-order valence-electron chi connectivity index (χ1n) is 5.91. The Kier molecular flexibility index (Phi) is 4.24. The maximum Gasteiger partial charge on any atom is 0.274 e. The van der Waals surface area contributed by atoms with Gasteiger partial charge in [0.15, 0.2) is 0 Å². The predicted octanol–water partition coefficient (Wildman–Crippen LogP) is 0.113. The molecule has 6 nitrogen and oxygen atoms in total. The summed E-state index contributed by atoms with van der Waals surface area (Å²) in [6.45, 7) is 3.74. The SMILES string of the molecule is CCNc1cncc(C(=O)N2CCS(=O)CC2)n1. The van der Waals surface area contributed by atoms with Gasteiger partial charge in [0, 0.05) is 41.9 Å². The second-order valence-corrected chi connectivity index (χ2v) is 5.66. The molecule has 1 aromatic heterocycles. The molecule has 0 radical (unpaired) electrons. The lowest BCUT2D eigenvalue weighted by Gasteiger charge is -2.25. The van der Waals surface area contributed by atoms with Crippen LogP contribution in [0.1, 0.15) is 17.4 Å². The highest BCUT2D eigenvalue weighted by Gasteiger charge is 2.22. The predicted molar refractivity (Wildman–Crippen MR) is 70.0 cm³/mol. The van der Waals surface area contributed by atoms with Gasteiger partial charge in [-0.15, -0.1) is 0 Å². The number of carbonyl (C=O) groups is 1. The first-order chi connectivity index (χ1) is 8.70. The van der Waals surface area contributed by atoms with Crippen LogP contribution >= 0.6 is 0 Å². The highest BCUT2D eigenvalue weighted by molar-refractivity contribution is 7.85. The lowest BCUT2D eigenvalue weighted by Crippen LogP contribution is -2.42. The third-order valence-corrected chi connectivity index (χ3v) is 3.95. The van der Waals surface area contributed by atoms with Crippen molar-refractivity contribution in [3.05, 3.63) is 18.1 Å². The first-order valence-corrected chi connectivity index (χ1v) is 7.39. The van der Waals surface area contributed by atoms with Gasteiger partial charge in [-0.3, -0.25) is 14.0 Å². The van der Waals surface area contributed by atoms with Gasteiger partial charge in [-0.05, 0) is 6.92 Å². The standard InChI is InChI=1S/C11H16N4O2S/c1-2-13-10-8-12-7-9(14-10)11(16)15-3-5-18(17)6-4-15/h7-8H,2-6H2,1H3,(H,13,14). The molecule has 18 heavy (non-hydrogen) atoms. The van der Waals surface area contributed by atoms with E-state index < -0.39 is 10.8 Å². The lowest BCUT2D eigenvalue weighted by molar-refractivity contribution is 0.0765. The number of anilines is 1. The molecule has 7 heteroatoms. The number of nitrogens with zero attached hydrogens (tertiary/aromatic N) is 3. The average molecular weight is 268 g/mol. The quantitative estimate of drug-likeness (QED) is 0.842. The van der Waals surface area contributed by atoms with Crippen molar-refractivity contribution in [3.8, 4) is 0 Å². The molecule has 0 atom stereocenters. The highest BCUT2D eigenvalue weighted by Crippen LogP contribution is 2.08. The van der Waals surface area contributed by atoms with Gasteiger partial charge in [0.05, 0.1) is 12.4 Å². The van der Waals surface area contributed by atoms with Gasteiger partial charge in [-0.1, -0.05) is 0 Å². The summed E-state index contributed by atoms with van der Waals surface area (Å²) in [6, 6.07) is 0. The number of hydrogen-bond donors (Lipinski definition) is 1. The van der Waals surface area contributed by atoms with Crippen LogP contribution in [0.3, 0.4) is 0 Å². The van der Waals surface area contributed by atoms with Crippen LogP contribution in [0.15, 0.2) is 12.4 Å². The zero-order chi connectivity index (χ0) is 13.0. The molecule has 2 rings (SSSR count). The number of rotatable bonds is 3. The second-order valence-electron chi connectivity index (χ2n) is 3.96. The Morgan fingerprint density at radius 2 is 2.17 bits per heavy atom. The summed E-state index contributed by atoms with van der Waals surface area (Å²) >= 11 is 0. The van der Waals surface area contributed by atoms with Crippen LogP contribution in [0.2, 0.25) is 0 Å². The van der Waals surface area contributed by atoms with Crippen LogP contribution in [-0.4, -0.2) is 56.1 Å². The fraction of sp³-hybridized carbons (Fsp3) is 0.545. The Hall–Kier alpha value is -1.50. The van der Waals surface area contributed by atoms with Crippen molar-refractivity contribution in [1.29, 1.82) is 0 Å². The van der Waals surface area contributed by atoms with Crippen molar-refractivity contribution < 1.29 is 9.00 Å². The molecular weight excluding hydrogens is 252 g/mol. The van der Waals surface area contributed by atoms with Gasteiger partial charge in [0.1, 0.15) is 11.5 Å². The fourth-order valence-corrected chi connectivity index (χ4v) is 2.79. The minimum Gasteiger partial charge on any atom is -0.369 e. The van der Waals surface area contributed by atoms with Gasteiger partial charge in [0.2, 0.25) is 0 Å². The summed E-state index contributed by atoms with van der Waals surface area (Å²) < 4.78 is 11.2. The molecule has 98 valence electrons. The number of amides is 1. The largest absolute Gasteiger partial charge is 0.369 e. The third kappa shape index (κ3) is 3.04. The Labute approximate surface area is 108 Å². The molecule has 0 saturated carbocycles. The van der Waals surface area contributed by atoms with Crippen LogP contribution in [0.25, 0.3) is 0 Å². The number of carbonyl (C=O) groups excluding carboxylic acids is 1. The minimum absolute atomic E-state index is 0.140. The Morgan fingerprint density at radius 3 is 2.83 bits per heavy atom. The summed E-state index contributed by atoms with van der Waals surface area (Å²) in [5.74, 6) is 1.56. The van der Waals surface area contributed by atoms with Crippen LogP contribution in [0.4, 0.5) is 5.82 Å². The van der Waals surface area contributed by atoms with E-state index in [9.17, 15) is 9.00 Å². The molecular formula is C11H16N4O2S. The van der Waals surface area contributed by atoms with Crippen molar-refractivity contribution >= 4 is 22.5 Å². The first kappa shape index (κ1) is 12.9. The molecule has 0 unspecified atom stereocenters. The normalized spacial score (nSPS) is 16.6. The van der Waals surface area contributed by atoms with Gasteiger partial charge in [-0.2, -0.15) is 0 Å². The van der Waals surface area contributed by atoms with E-state index in [1.165, 1.54) is 6.20 Å². The van der Waals surface area contributed by atoms with Crippen LogP contribution in [0, 0.1) is 0 Å². The van der Waals surface area contributed by atoms with Crippen LogP contribution in [-0.2, 0) is 10.8 Å². The van der Waals surface area contributed by atoms with E-state index in [0.29, 0.717) is 36.1 Å². The molecule has 0 aliphatic carbocycles. The molecule has 1 aliphatic rings. The Bertz CT molecular complexity index is 456. The summed E-state index contributed by atoms with van der Waals surface area (Å²) in [7, 11) is -0.784. The van der Waals surface area contributed by atoms with Gasteiger partial charge in [0.25, 0.3) is 5.91 Å². The zero-order valence-electron chi connectivity index (χ0n) is 10.3. The van der Waals surface area contributed by atoms with E-state index in [1.54, 1.807) is 11.1 Å². The average Bonchev–Trinajstić information content (AvgIpc) is 2.39. The summed E-state index contributed by atoms with van der Waals surface area (Å²) in [4.78, 5) is 22.1. The molecule has 1 saturated heterocycles. The van der Waals surface area contributed by atoms with Crippen molar-refractivity contribution in [2.75, 3.05) is 36.5 Å². The topological polar surface area (TPSA) is 75.2 Å². The highest BCUT2D eigenvalue weighted by atomic mass is 32.2. The van der Waals surface area contributed by atoms with E-state index in [4.69, 9.17) is 0 Å². The third-order valence-electron chi connectivity index (χ3n) is 2.68. The number of hydrogen-bond acceptors (Lipinski definition) is 5. The number of nitrogens with one attached hydrogen (secondary N) is 1. The number of aromatic nitrogens is 2.